The van der Waals surface area contributed by atoms with Gasteiger partial charge in [0.25, 0.3) is 17.7 Å². The number of pyridine rings is 1. The average molecular weight is 575 g/mol. The van der Waals surface area contributed by atoms with Crippen molar-refractivity contribution in [3.05, 3.63) is 88.6 Å². The maximum absolute atomic E-state index is 13.1. The number of likely N-dealkylation sites (tertiary alicyclic amines) is 1. The Morgan fingerprint density at radius 1 is 0.951 bits per heavy atom. The minimum atomic E-state index is -0.589. The van der Waals surface area contributed by atoms with E-state index in [9.17, 15) is 19.5 Å². The quantitative estimate of drug-likeness (QED) is 0.136. The average Bonchev–Trinajstić information content (AvgIpc) is 2.98. The summed E-state index contributed by atoms with van der Waals surface area (Å²) in [7, 11) is 0. The van der Waals surface area contributed by atoms with E-state index in [1.54, 1.807) is 18.2 Å². The highest BCUT2D eigenvalue weighted by Crippen LogP contribution is 2.29. The maximum Gasteiger partial charge on any atom is 0.259 e. The number of carbonyl (C=O) groups is 3. The van der Waals surface area contributed by atoms with E-state index in [-0.39, 0.29) is 34.3 Å². The maximum atomic E-state index is 13.1. The summed E-state index contributed by atoms with van der Waals surface area (Å²) in [6, 6.07) is 13.7. The molecule has 1 fully saturated rings. The molecule has 0 radical (unpaired) electrons. The summed E-state index contributed by atoms with van der Waals surface area (Å²) >= 11 is 5.84. The van der Waals surface area contributed by atoms with E-state index in [0.717, 1.165) is 25.8 Å². The zero-order chi connectivity index (χ0) is 29.2. The second kappa shape index (κ2) is 14.2. The molecule has 4 rings (SSSR count). The lowest BCUT2D eigenvalue weighted by molar-refractivity contribution is -0.115. The number of rotatable bonds is 10. The van der Waals surface area contributed by atoms with Crippen LogP contribution in [0.1, 0.15) is 45.5 Å². The van der Waals surface area contributed by atoms with Gasteiger partial charge in [-0.05, 0) is 74.0 Å². The van der Waals surface area contributed by atoms with E-state index >= 15 is 0 Å². The SMILES string of the molecule is N=C/C=C(\C(=O)NCCN1CCCCC1)c1ccc(C(=O)Nc2c(O)cccc2C(=O)Nc2ccc(Cl)cn2)cc1. The number of hydrogen-bond acceptors (Lipinski definition) is 7. The summed E-state index contributed by atoms with van der Waals surface area (Å²) in [5.74, 6) is -1.50. The number of para-hydroxylation sites is 1. The van der Waals surface area contributed by atoms with Gasteiger partial charge in [0.15, 0.2) is 0 Å². The number of phenolic OH excluding ortho intramolecular Hbond substituents is 1. The number of allylic oxidation sites excluding steroid dienone is 1. The third-order valence-corrected chi connectivity index (χ3v) is 6.83. The van der Waals surface area contributed by atoms with Gasteiger partial charge >= 0.3 is 0 Å². The van der Waals surface area contributed by atoms with Gasteiger partial charge in [-0.3, -0.25) is 14.4 Å². The van der Waals surface area contributed by atoms with Gasteiger partial charge < -0.3 is 31.4 Å². The summed E-state index contributed by atoms with van der Waals surface area (Å²) in [5.41, 5.74) is 1.05. The fraction of sp³-hybridized carbons (Fsp3) is 0.233. The highest BCUT2D eigenvalue weighted by Gasteiger charge is 2.19. The van der Waals surface area contributed by atoms with Gasteiger partial charge in [0, 0.05) is 36.6 Å². The Morgan fingerprint density at radius 2 is 1.68 bits per heavy atom. The number of anilines is 2. The van der Waals surface area contributed by atoms with Crippen molar-refractivity contribution in [3.63, 3.8) is 0 Å². The van der Waals surface area contributed by atoms with Crippen LogP contribution in [0.5, 0.6) is 5.75 Å². The monoisotopic (exact) mass is 574 g/mol. The van der Waals surface area contributed by atoms with Crippen molar-refractivity contribution in [3.8, 4) is 5.75 Å². The molecule has 10 nitrogen and oxygen atoms in total. The fourth-order valence-corrected chi connectivity index (χ4v) is 4.58. The Bertz CT molecular complexity index is 1430. The third kappa shape index (κ3) is 8.00. The van der Waals surface area contributed by atoms with Crippen LogP contribution in [0.3, 0.4) is 0 Å². The minimum Gasteiger partial charge on any atom is -0.506 e. The second-order valence-corrected chi connectivity index (χ2v) is 9.89. The number of carbonyl (C=O) groups excluding carboxylic acids is 3. The van der Waals surface area contributed by atoms with E-state index < -0.39 is 11.8 Å². The highest BCUT2D eigenvalue weighted by atomic mass is 35.5. The van der Waals surface area contributed by atoms with Crippen molar-refractivity contribution in [2.24, 2.45) is 0 Å². The lowest BCUT2D eigenvalue weighted by atomic mass is 10.0. The standard InChI is InChI=1S/C30H31ClN6O4/c31-22-11-12-26(34-19-22)35-30(41)24-5-4-6-25(38)27(24)36-28(39)21-9-7-20(8-10-21)23(13-14-32)29(40)33-15-18-37-16-2-1-3-17-37/h4-14,19,32,38H,1-3,15-18H2,(H,33,40)(H,36,39)(H,34,35,41)/b23-13-,32-14?. The topological polar surface area (TPSA) is 148 Å². The molecule has 212 valence electrons. The molecule has 2 aromatic carbocycles. The molecule has 3 amide bonds. The Kier molecular flexibility index (Phi) is 10.2. The molecule has 1 aromatic heterocycles. The van der Waals surface area contributed by atoms with Crippen molar-refractivity contribution in [2.45, 2.75) is 19.3 Å². The van der Waals surface area contributed by atoms with Crippen LogP contribution in [0, 0.1) is 5.41 Å². The number of phenols is 1. The van der Waals surface area contributed by atoms with Gasteiger partial charge in [-0.1, -0.05) is 36.2 Å². The number of aromatic hydroxyl groups is 1. The Labute approximate surface area is 242 Å². The summed E-state index contributed by atoms with van der Waals surface area (Å²) in [6.07, 6.45) is 7.43. The third-order valence-electron chi connectivity index (χ3n) is 6.61. The van der Waals surface area contributed by atoms with Crippen LogP contribution in [0.2, 0.25) is 5.02 Å². The van der Waals surface area contributed by atoms with Crippen molar-refractivity contribution in [2.75, 3.05) is 36.8 Å². The number of aromatic nitrogens is 1. The number of benzene rings is 2. The van der Waals surface area contributed by atoms with Crippen LogP contribution in [0.4, 0.5) is 11.5 Å². The molecular weight excluding hydrogens is 544 g/mol. The zero-order valence-electron chi connectivity index (χ0n) is 22.3. The first kappa shape index (κ1) is 29.4. The number of amides is 3. The summed E-state index contributed by atoms with van der Waals surface area (Å²) in [4.78, 5) is 45.2. The van der Waals surface area contributed by atoms with Crippen molar-refractivity contribution < 1.29 is 19.5 Å². The molecule has 0 aliphatic carbocycles. The molecule has 1 aliphatic rings. The fourth-order valence-electron chi connectivity index (χ4n) is 4.47. The Hall–Kier alpha value is -4.54. The Morgan fingerprint density at radius 3 is 2.37 bits per heavy atom. The van der Waals surface area contributed by atoms with Gasteiger partial charge in [-0.2, -0.15) is 0 Å². The largest absolute Gasteiger partial charge is 0.506 e. The highest BCUT2D eigenvalue weighted by molar-refractivity contribution is 6.30. The predicted molar refractivity (Wildman–Crippen MR) is 160 cm³/mol. The Balaban J connectivity index is 1.42. The number of piperidine rings is 1. The lowest BCUT2D eigenvalue weighted by Crippen LogP contribution is -2.37. The normalized spacial score (nSPS) is 13.7. The lowest BCUT2D eigenvalue weighted by Gasteiger charge is -2.26. The summed E-state index contributed by atoms with van der Waals surface area (Å²) < 4.78 is 0. The zero-order valence-corrected chi connectivity index (χ0v) is 23.1. The van der Waals surface area contributed by atoms with Gasteiger partial charge in [-0.15, -0.1) is 0 Å². The van der Waals surface area contributed by atoms with E-state index in [0.29, 0.717) is 22.7 Å². The van der Waals surface area contributed by atoms with E-state index in [2.05, 4.69) is 25.8 Å². The first-order valence-corrected chi connectivity index (χ1v) is 13.6. The molecule has 5 N–H and O–H groups in total. The van der Waals surface area contributed by atoms with Crippen LogP contribution in [0.15, 0.2) is 66.9 Å². The van der Waals surface area contributed by atoms with Gasteiger partial charge in [0.2, 0.25) is 0 Å². The molecule has 0 unspecified atom stereocenters. The van der Waals surface area contributed by atoms with Gasteiger partial charge in [0.05, 0.1) is 16.3 Å². The molecule has 0 spiro atoms. The molecule has 3 aromatic rings. The smallest absolute Gasteiger partial charge is 0.259 e. The van der Waals surface area contributed by atoms with Crippen LogP contribution >= 0.6 is 11.6 Å². The molecule has 1 aliphatic heterocycles. The minimum absolute atomic E-state index is 0.0316. The van der Waals surface area contributed by atoms with Crippen molar-refractivity contribution >= 4 is 52.6 Å². The van der Waals surface area contributed by atoms with E-state index in [1.807, 2.05) is 0 Å². The van der Waals surface area contributed by atoms with Crippen LogP contribution < -0.4 is 16.0 Å². The number of halogens is 1. The second-order valence-electron chi connectivity index (χ2n) is 9.45. The molecule has 1 saturated heterocycles. The van der Waals surface area contributed by atoms with Gasteiger partial charge in [-0.25, -0.2) is 4.98 Å². The molecule has 0 saturated carbocycles. The summed E-state index contributed by atoms with van der Waals surface area (Å²) in [5, 5.41) is 26.4. The number of hydrogen-bond donors (Lipinski definition) is 5. The molecule has 11 heteroatoms. The first-order chi connectivity index (χ1) is 19.9. The van der Waals surface area contributed by atoms with Crippen molar-refractivity contribution in [1.29, 1.82) is 5.41 Å². The van der Waals surface area contributed by atoms with Crippen molar-refractivity contribution in [1.82, 2.24) is 15.2 Å². The van der Waals surface area contributed by atoms with Gasteiger partial charge in [0.1, 0.15) is 11.6 Å². The molecule has 0 bridgehead atoms. The summed E-state index contributed by atoms with van der Waals surface area (Å²) in [6.45, 7) is 3.34. The van der Waals surface area contributed by atoms with Crippen LogP contribution in [-0.4, -0.2) is 65.1 Å². The first-order valence-electron chi connectivity index (χ1n) is 13.2. The molecule has 41 heavy (non-hydrogen) atoms. The molecular formula is C30H31ClN6O4. The van der Waals surface area contributed by atoms with Crippen LogP contribution in [0.25, 0.3) is 5.57 Å². The number of nitrogens with zero attached hydrogens (tertiary/aromatic N) is 2. The van der Waals surface area contributed by atoms with E-state index in [4.69, 9.17) is 17.0 Å². The predicted octanol–water partition coefficient (Wildman–Crippen LogP) is 4.58. The van der Waals surface area contributed by atoms with Crippen LogP contribution in [-0.2, 0) is 4.79 Å². The molecule has 2 heterocycles. The number of nitrogens with one attached hydrogen (secondary N) is 4. The van der Waals surface area contributed by atoms with E-state index in [1.165, 1.54) is 67.9 Å². The molecule has 0 atom stereocenters.